The van der Waals surface area contributed by atoms with Gasteiger partial charge in [0.15, 0.2) is 11.6 Å². The predicted octanol–water partition coefficient (Wildman–Crippen LogP) is 3.95. The Hall–Kier alpha value is -1.81. The second-order valence-corrected chi connectivity index (χ2v) is 5.79. The maximum absolute atomic E-state index is 13.2. The van der Waals surface area contributed by atoms with Crippen molar-refractivity contribution < 1.29 is 13.2 Å². The van der Waals surface area contributed by atoms with Crippen molar-refractivity contribution in [1.29, 1.82) is 0 Å². The summed E-state index contributed by atoms with van der Waals surface area (Å²) in [6.45, 7) is 3.90. The van der Waals surface area contributed by atoms with Crippen molar-refractivity contribution in [2.24, 2.45) is 5.73 Å². The molecule has 112 valence electrons. The molecule has 1 unspecified atom stereocenters. The van der Waals surface area contributed by atoms with E-state index in [1.165, 1.54) is 18.2 Å². The highest BCUT2D eigenvalue weighted by Gasteiger charge is 2.28. The lowest BCUT2D eigenvalue weighted by Gasteiger charge is -2.32. The van der Waals surface area contributed by atoms with Gasteiger partial charge in [0.1, 0.15) is 5.82 Å². The number of halogens is 3. The third kappa shape index (κ3) is 3.45. The summed E-state index contributed by atoms with van der Waals surface area (Å²) >= 11 is 0. The fraction of sp³-hybridized carbons (Fsp3) is 0.294. The van der Waals surface area contributed by atoms with Gasteiger partial charge in [-0.3, -0.25) is 0 Å². The van der Waals surface area contributed by atoms with Gasteiger partial charge in [-0.2, -0.15) is 0 Å². The predicted molar refractivity (Wildman–Crippen MR) is 77.5 cm³/mol. The van der Waals surface area contributed by atoms with Crippen LogP contribution in [0.3, 0.4) is 0 Å². The third-order valence-corrected chi connectivity index (χ3v) is 3.95. The zero-order chi connectivity index (χ0) is 15.6. The van der Waals surface area contributed by atoms with Gasteiger partial charge in [-0.15, -0.1) is 0 Å². The lowest BCUT2D eigenvalue weighted by molar-refractivity contribution is 0.404. The van der Waals surface area contributed by atoms with Gasteiger partial charge in [-0.25, -0.2) is 13.2 Å². The highest BCUT2D eigenvalue weighted by atomic mass is 19.2. The van der Waals surface area contributed by atoms with Gasteiger partial charge < -0.3 is 5.73 Å². The maximum Gasteiger partial charge on any atom is 0.159 e. The zero-order valence-electron chi connectivity index (χ0n) is 12.0. The summed E-state index contributed by atoms with van der Waals surface area (Å²) in [5.41, 5.74) is 7.35. The summed E-state index contributed by atoms with van der Waals surface area (Å²) in [6.07, 6.45) is 0.404. The number of hydrogen-bond acceptors (Lipinski definition) is 1. The van der Waals surface area contributed by atoms with Gasteiger partial charge in [0.25, 0.3) is 0 Å². The fourth-order valence-electron chi connectivity index (χ4n) is 2.27. The Labute approximate surface area is 122 Å². The highest BCUT2D eigenvalue weighted by molar-refractivity contribution is 5.28. The van der Waals surface area contributed by atoms with Gasteiger partial charge >= 0.3 is 0 Å². The van der Waals surface area contributed by atoms with Crippen LogP contribution in [0.15, 0.2) is 42.5 Å². The molecule has 0 spiro atoms. The Balaban J connectivity index is 2.19. The molecule has 0 aliphatic rings. The summed E-state index contributed by atoms with van der Waals surface area (Å²) in [7, 11) is 0. The van der Waals surface area contributed by atoms with E-state index in [2.05, 4.69) is 0 Å². The molecule has 2 N–H and O–H groups in total. The van der Waals surface area contributed by atoms with E-state index >= 15 is 0 Å². The summed E-state index contributed by atoms with van der Waals surface area (Å²) in [5, 5.41) is 0. The molecule has 21 heavy (non-hydrogen) atoms. The van der Waals surface area contributed by atoms with E-state index in [9.17, 15) is 13.2 Å². The summed E-state index contributed by atoms with van der Waals surface area (Å²) in [6, 6.07) is 9.65. The molecule has 2 rings (SSSR count). The fourth-order valence-corrected chi connectivity index (χ4v) is 2.27. The van der Waals surface area contributed by atoms with Crippen LogP contribution in [0.5, 0.6) is 0 Å². The van der Waals surface area contributed by atoms with Crippen molar-refractivity contribution in [3.05, 3.63) is 71.0 Å². The van der Waals surface area contributed by atoms with Crippen LogP contribution in [-0.2, 0) is 11.8 Å². The first kappa shape index (κ1) is 15.6. The van der Waals surface area contributed by atoms with Crippen molar-refractivity contribution in [3.8, 4) is 0 Å². The summed E-state index contributed by atoms with van der Waals surface area (Å²) in [4.78, 5) is 0. The zero-order valence-corrected chi connectivity index (χ0v) is 12.0. The van der Waals surface area contributed by atoms with Crippen LogP contribution in [-0.4, -0.2) is 6.04 Å². The van der Waals surface area contributed by atoms with Gasteiger partial charge in [0.05, 0.1) is 0 Å². The molecule has 0 heterocycles. The monoisotopic (exact) mass is 293 g/mol. The summed E-state index contributed by atoms with van der Waals surface area (Å²) < 4.78 is 39.2. The van der Waals surface area contributed by atoms with Crippen LogP contribution in [0.4, 0.5) is 13.2 Å². The van der Waals surface area contributed by atoms with Gasteiger partial charge in [-0.1, -0.05) is 32.0 Å². The average Bonchev–Trinajstić information content (AvgIpc) is 2.43. The second kappa shape index (κ2) is 5.90. The first-order chi connectivity index (χ1) is 9.80. The Morgan fingerprint density at radius 1 is 0.952 bits per heavy atom. The lowest BCUT2D eigenvalue weighted by Crippen LogP contribution is -2.42. The number of hydrogen-bond donors (Lipinski definition) is 1. The molecule has 0 aliphatic heterocycles. The van der Waals surface area contributed by atoms with Crippen LogP contribution in [0.1, 0.15) is 25.0 Å². The van der Waals surface area contributed by atoms with Crippen LogP contribution in [0.2, 0.25) is 0 Å². The molecule has 1 atom stereocenters. The number of benzene rings is 2. The van der Waals surface area contributed by atoms with E-state index in [1.807, 2.05) is 13.8 Å². The standard InChI is InChI=1S/C17H18F3N/c1-17(2,12-4-6-13(18)7-5-12)16(21)10-11-3-8-14(19)15(20)9-11/h3-9,16H,10,21H2,1-2H3. The largest absolute Gasteiger partial charge is 0.327 e. The topological polar surface area (TPSA) is 26.0 Å². The van der Waals surface area contributed by atoms with Crippen molar-refractivity contribution in [3.63, 3.8) is 0 Å². The van der Waals surface area contributed by atoms with E-state index in [0.717, 1.165) is 17.7 Å². The first-order valence-electron chi connectivity index (χ1n) is 6.76. The SMILES string of the molecule is CC(C)(c1ccc(F)cc1)C(N)Cc1ccc(F)c(F)c1. The van der Waals surface area contributed by atoms with Gasteiger partial charge in [0, 0.05) is 11.5 Å². The molecule has 0 radical (unpaired) electrons. The molecule has 2 aromatic rings. The number of rotatable bonds is 4. The molecule has 0 aromatic heterocycles. The Bertz CT molecular complexity index is 620. The van der Waals surface area contributed by atoms with E-state index in [0.29, 0.717) is 12.0 Å². The minimum Gasteiger partial charge on any atom is -0.327 e. The Morgan fingerprint density at radius 3 is 2.14 bits per heavy atom. The van der Waals surface area contributed by atoms with Crippen molar-refractivity contribution in [2.45, 2.75) is 31.7 Å². The van der Waals surface area contributed by atoms with E-state index in [4.69, 9.17) is 5.73 Å². The highest BCUT2D eigenvalue weighted by Crippen LogP contribution is 2.28. The second-order valence-electron chi connectivity index (χ2n) is 5.79. The quantitative estimate of drug-likeness (QED) is 0.907. The molecule has 0 amide bonds. The molecule has 0 aliphatic carbocycles. The smallest absolute Gasteiger partial charge is 0.159 e. The van der Waals surface area contributed by atoms with Gasteiger partial charge in [0.2, 0.25) is 0 Å². The Kier molecular flexibility index (Phi) is 4.37. The van der Waals surface area contributed by atoms with E-state index in [1.54, 1.807) is 12.1 Å². The van der Waals surface area contributed by atoms with Crippen molar-refractivity contribution in [1.82, 2.24) is 0 Å². The van der Waals surface area contributed by atoms with E-state index < -0.39 is 17.0 Å². The van der Waals surface area contributed by atoms with Gasteiger partial charge in [-0.05, 0) is 41.8 Å². The van der Waals surface area contributed by atoms with Crippen LogP contribution >= 0.6 is 0 Å². The van der Waals surface area contributed by atoms with Crippen LogP contribution in [0.25, 0.3) is 0 Å². The normalized spacial score (nSPS) is 13.2. The van der Waals surface area contributed by atoms with Crippen molar-refractivity contribution >= 4 is 0 Å². The molecule has 1 nitrogen and oxygen atoms in total. The minimum absolute atomic E-state index is 0.302. The number of nitrogens with two attached hydrogens (primary N) is 1. The molecule has 0 fully saturated rings. The lowest BCUT2D eigenvalue weighted by atomic mass is 9.76. The molecule has 2 aromatic carbocycles. The average molecular weight is 293 g/mol. The molecular weight excluding hydrogens is 275 g/mol. The van der Waals surface area contributed by atoms with Crippen LogP contribution in [0, 0.1) is 17.5 Å². The van der Waals surface area contributed by atoms with Crippen LogP contribution < -0.4 is 5.73 Å². The molecule has 4 heteroatoms. The molecule has 0 bridgehead atoms. The summed E-state index contributed by atoms with van der Waals surface area (Å²) in [5.74, 6) is -2.05. The third-order valence-electron chi connectivity index (χ3n) is 3.95. The van der Waals surface area contributed by atoms with E-state index in [-0.39, 0.29) is 11.9 Å². The molecule has 0 saturated carbocycles. The molecular formula is C17H18F3N. The maximum atomic E-state index is 13.2. The molecule has 0 saturated heterocycles. The Morgan fingerprint density at radius 2 is 1.57 bits per heavy atom. The van der Waals surface area contributed by atoms with Crippen molar-refractivity contribution in [2.75, 3.05) is 0 Å². The minimum atomic E-state index is -0.876. The first-order valence-corrected chi connectivity index (χ1v) is 6.76.